The topological polar surface area (TPSA) is 3.24 Å². The third kappa shape index (κ3) is 2.50. The Morgan fingerprint density at radius 1 is 1.11 bits per heavy atom. The average Bonchev–Trinajstić information content (AvgIpc) is 2.39. The lowest BCUT2D eigenvalue weighted by Crippen LogP contribution is -2.40. The molecule has 1 aromatic rings. The Labute approximate surface area is 108 Å². The van der Waals surface area contributed by atoms with Crippen LogP contribution in [0.4, 0.5) is 14.5 Å². The SMILES string of the molecule is CCC1(CC)CCN(c2ccc(F)cc2F)CC1. The number of rotatable bonds is 3. The van der Waals surface area contributed by atoms with Crippen LogP contribution in [-0.4, -0.2) is 13.1 Å². The maximum atomic E-state index is 13.7. The summed E-state index contributed by atoms with van der Waals surface area (Å²) >= 11 is 0. The van der Waals surface area contributed by atoms with Gasteiger partial charge in [0.05, 0.1) is 5.69 Å². The van der Waals surface area contributed by atoms with Gasteiger partial charge in [0.2, 0.25) is 0 Å². The molecule has 1 heterocycles. The summed E-state index contributed by atoms with van der Waals surface area (Å²) in [5, 5.41) is 0. The second-order valence-corrected chi connectivity index (χ2v) is 5.29. The fourth-order valence-corrected chi connectivity index (χ4v) is 2.92. The summed E-state index contributed by atoms with van der Waals surface area (Å²) in [6.45, 7) is 6.20. The lowest BCUT2D eigenvalue weighted by molar-refractivity contribution is 0.199. The third-order valence-electron chi connectivity index (χ3n) is 4.57. The van der Waals surface area contributed by atoms with Crippen LogP contribution in [0.25, 0.3) is 0 Å². The summed E-state index contributed by atoms with van der Waals surface area (Å²) in [6.07, 6.45) is 4.56. The summed E-state index contributed by atoms with van der Waals surface area (Å²) in [6, 6.07) is 3.85. The lowest BCUT2D eigenvalue weighted by Gasteiger charge is -2.42. The molecule has 0 atom stereocenters. The van der Waals surface area contributed by atoms with E-state index in [1.165, 1.54) is 18.9 Å². The summed E-state index contributed by atoms with van der Waals surface area (Å²) in [7, 11) is 0. The molecular formula is C15H21F2N. The molecule has 0 bridgehead atoms. The molecule has 3 heteroatoms. The molecule has 0 aliphatic carbocycles. The molecule has 0 radical (unpaired) electrons. The number of anilines is 1. The van der Waals surface area contributed by atoms with Crippen LogP contribution >= 0.6 is 0 Å². The summed E-state index contributed by atoms with van der Waals surface area (Å²) in [5.74, 6) is -0.958. The van der Waals surface area contributed by atoms with Gasteiger partial charge in [-0.1, -0.05) is 26.7 Å². The Balaban J connectivity index is 2.10. The number of halogens is 2. The molecule has 0 spiro atoms. The molecule has 1 saturated heterocycles. The van der Waals surface area contributed by atoms with Gasteiger partial charge in [-0.05, 0) is 30.4 Å². The fourth-order valence-electron chi connectivity index (χ4n) is 2.92. The van der Waals surface area contributed by atoms with Crippen molar-refractivity contribution >= 4 is 5.69 Å². The zero-order valence-electron chi connectivity index (χ0n) is 11.2. The molecule has 18 heavy (non-hydrogen) atoms. The quantitative estimate of drug-likeness (QED) is 0.773. The zero-order chi connectivity index (χ0) is 13.2. The molecule has 0 aromatic heterocycles. The van der Waals surface area contributed by atoms with E-state index in [2.05, 4.69) is 13.8 Å². The van der Waals surface area contributed by atoms with Crippen LogP contribution < -0.4 is 4.90 Å². The minimum absolute atomic E-state index is 0.424. The zero-order valence-corrected chi connectivity index (χ0v) is 11.2. The highest BCUT2D eigenvalue weighted by Crippen LogP contribution is 2.39. The van der Waals surface area contributed by atoms with Gasteiger partial charge in [-0.3, -0.25) is 0 Å². The monoisotopic (exact) mass is 253 g/mol. The highest BCUT2D eigenvalue weighted by molar-refractivity contribution is 5.48. The van der Waals surface area contributed by atoms with Crippen LogP contribution in [-0.2, 0) is 0 Å². The molecule has 1 aromatic carbocycles. The minimum Gasteiger partial charge on any atom is -0.369 e. The highest BCUT2D eigenvalue weighted by Gasteiger charge is 2.31. The maximum absolute atomic E-state index is 13.7. The van der Waals surface area contributed by atoms with Crippen LogP contribution in [0.2, 0.25) is 0 Å². The molecular weight excluding hydrogens is 232 g/mol. The first-order valence-corrected chi connectivity index (χ1v) is 6.80. The third-order valence-corrected chi connectivity index (χ3v) is 4.57. The first-order chi connectivity index (χ1) is 8.60. The largest absolute Gasteiger partial charge is 0.369 e. The smallest absolute Gasteiger partial charge is 0.149 e. The van der Waals surface area contributed by atoms with Gasteiger partial charge in [-0.15, -0.1) is 0 Å². The average molecular weight is 253 g/mol. The van der Waals surface area contributed by atoms with E-state index < -0.39 is 11.6 Å². The number of hydrogen-bond acceptors (Lipinski definition) is 1. The van der Waals surface area contributed by atoms with Gasteiger partial charge in [0.15, 0.2) is 0 Å². The van der Waals surface area contributed by atoms with E-state index in [0.717, 1.165) is 32.0 Å². The van der Waals surface area contributed by atoms with Gasteiger partial charge >= 0.3 is 0 Å². The van der Waals surface area contributed by atoms with Crippen molar-refractivity contribution < 1.29 is 8.78 Å². The Morgan fingerprint density at radius 2 is 1.72 bits per heavy atom. The van der Waals surface area contributed by atoms with Crippen LogP contribution in [0, 0.1) is 17.0 Å². The second kappa shape index (κ2) is 5.25. The van der Waals surface area contributed by atoms with Crippen LogP contribution in [0.5, 0.6) is 0 Å². The van der Waals surface area contributed by atoms with Crippen LogP contribution in [0.3, 0.4) is 0 Å². The predicted octanol–water partition coefficient (Wildman–Crippen LogP) is 4.37. The van der Waals surface area contributed by atoms with E-state index in [-0.39, 0.29) is 0 Å². The van der Waals surface area contributed by atoms with E-state index in [9.17, 15) is 8.78 Å². The molecule has 0 unspecified atom stereocenters. The molecule has 1 nitrogen and oxygen atoms in total. The highest BCUT2D eigenvalue weighted by atomic mass is 19.1. The summed E-state index contributed by atoms with van der Waals surface area (Å²) < 4.78 is 26.6. The van der Waals surface area contributed by atoms with Gasteiger partial charge in [-0.25, -0.2) is 8.78 Å². The normalized spacial score (nSPS) is 19.0. The van der Waals surface area contributed by atoms with E-state index in [1.807, 2.05) is 4.90 Å². The van der Waals surface area contributed by atoms with Crippen molar-refractivity contribution in [2.75, 3.05) is 18.0 Å². The molecule has 1 fully saturated rings. The Hall–Kier alpha value is -1.12. The minimum atomic E-state index is -0.510. The van der Waals surface area contributed by atoms with Crippen molar-refractivity contribution in [2.24, 2.45) is 5.41 Å². The lowest BCUT2D eigenvalue weighted by atomic mass is 9.74. The van der Waals surface area contributed by atoms with Crippen LogP contribution in [0.1, 0.15) is 39.5 Å². The van der Waals surface area contributed by atoms with Crippen molar-refractivity contribution in [3.8, 4) is 0 Å². The number of hydrogen-bond donors (Lipinski definition) is 0. The first-order valence-electron chi connectivity index (χ1n) is 6.80. The van der Waals surface area contributed by atoms with E-state index in [0.29, 0.717) is 11.1 Å². The van der Waals surface area contributed by atoms with Crippen molar-refractivity contribution in [1.82, 2.24) is 0 Å². The van der Waals surface area contributed by atoms with E-state index in [1.54, 1.807) is 6.07 Å². The molecule has 1 aliphatic heterocycles. The summed E-state index contributed by atoms with van der Waals surface area (Å²) in [5.41, 5.74) is 0.963. The predicted molar refractivity (Wildman–Crippen MR) is 70.8 cm³/mol. The first kappa shape index (κ1) is 13.3. The molecule has 0 amide bonds. The van der Waals surface area contributed by atoms with Gasteiger partial charge < -0.3 is 4.90 Å². The Morgan fingerprint density at radius 3 is 2.22 bits per heavy atom. The fraction of sp³-hybridized carbons (Fsp3) is 0.600. The van der Waals surface area contributed by atoms with Crippen molar-refractivity contribution in [1.29, 1.82) is 0 Å². The molecule has 100 valence electrons. The molecule has 2 rings (SSSR count). The number of benzene rings is 1. The van der Waals surface area contributed by atoms with Crippen molar-refractivity contribution in [2.45, 2.75) is 39.5 Å². The molecule has 0 saturated carbocycles. The Kier molecular flexibility index (Phi) is 3.88. The second-order valence-electron chi connectivity index (χ2n) is 5.29. The summed E-state index contributed by atoms with van der Waals surface area (Å²) in [4.78, 5) is 2.04. The maximum Gasteiger partial charge on any atom is 0.149 e. The molecule has 0 N–H and O–H groups in total. The van der Waals surface area contributed by atoms with Crippen molar-refractivity contribution in [3.05, 3.63) is 29.8 Å². The standard InChI is InChI=1S/C15H21F2N/c1-3-15(4-2)7-9-18(10-8-15)14-6-5-12(16)11-13(14)17/h5-6,11H,3-4,7-10H2,1-2H3. The number of piperidine rings is 1. The van der Waals surface area contributed by atoms with Gasteiger partial charge in [0.25, 0.3) is 0 Å². The van der Waals surface area contributed by atoms with E-state index >= 15 is 0 Å². The van der Waals surface area contributed by atoms with E-state index in [4.69, 9.17) is 0 Å². The molecule has 1 aliphatic rings. The van der Waals surface area contributed by atoms with Gasteiger partial charge in [0, 0.05) is 19.2 Å². The van der Waals surface area contributed by atoms with Gasteiger partial charge in [-0.2, -0.15) is 0 Å². The number of nitrogens with zero attached hydrogens (tertiary/aromatic N) is 1. The van der Waals surface area contributed by atoms with Crippen LogP contribution in [0.15, 0.2) is 18.2 Å². The van der Waals surface area contributed by atoms with Gasteiger partial charge in [0.1, 0.15) is 11.6 Å². The van der Waals surface area contributed by atoms with Crippen molar-refractivity contribution in [3.63, 3.8) is 0 Å². The Bertz CT molecular complexity index is 403.